The number of carbonyl (C=O) groups excluding carboxylic acids is 1. The number of amides is 1. The Morgan fingerprint density at radius 1 is 1.14 bits per heavy atom. The zero-order valence-electron chi connectivity index (χ0n) is 13.0. The van der Waals surface area contributed by atoms with Gasteiger partial charge in [0.05, 0.1) is 5.56 Å². The third-order valence-electron chi connectivity index (χ3n) is 3.80. The van der Waals surface area contributed by atoms with Crippen LogP contribution in [0.2, 0.25) is 0 Å². The molecule has 1 aromatic carbocycles. The molecule has 1 amide bonds. The van der Waals surface area contributed by atoms with E-state index in [1.165, 1.54) is 12.1 Å². The predicted molar refractivity (Wildman–Crippen MR) is 82.5 cm³/mol. The molecule has 4 heteroatoms. The highest BCUT2D eigenvalue weighted by Crippen LogP contribution is 2.22. The third-order valence-corrected chi connectivity index (χ3v) is 3.80. The van der Waals surface area contributed by atoms with E-state index in [1.807, 2.05) is 38.3 Å². The molecule has 0 atom stereocenters. The van der Waals surface area contributed by atoms with Crippen LogP contribution < -0.4 is 0 Å². The van der Waals surface area contributed by atoms with Crippen LogP contribution in [-0.4, -0.2) is 28.5 Å². The van der Waals surface area contributed by atoms with Crippen LogP contribution in [0.1, 0.15) is 35.6 Å². The minimum atomic E-state index is -0.263. The zero-order chi connectivity index (χ0) is 15.6. The van der Waals surface area contributed by atoms with Crippen LogP contribution in [0.3, 0.4) is 0 Å². The first kappa shape index (κ1) is 15.3. The van der Waals surface area contributed by atoms with E-state index < -0.39 is 0 Å². The fourth-order valence-corrected chi connectivity index (χ4v) is 2.65. The first-order valence-electron chi connectivity index (χ1n) is 7.23. The lowest BCUT2D eigenvalue weighted by molar-refractivity contribution is 0.0772. The highest BCUT2D eigenvalue weighted by Gasteiger charge is 2.20. The number of benzene rings is 1. The Kier molecular flexibility index (Phi) is 4.46. The number of hydrogen-bond donors (Lipinski definition) is 0. The molecule has 21 heavy (non-hydrogen) atoms. The second kappa shape index (κ2) is 6.12. The van der Waals surface area contributed by atoms with Gasteiger partial charge in [-0.05, 0) is 58.0 Å². The quantitative estimate of drug-likeness (QED) is 0.842. The van der Waals surface area contributed by atoms with Gasteiger partial charge in [0.2, 0.25) is 0 Å². The van der Waals surface area contributed by atoms with Gasteiger partial charge in [0.25, 0.3) is 5.91 Å². The largest absolute Gasteiger partial charge is 0.339 e. The zero-order valence-corrected chi connectivity index (χ0v) is 13.0. The van der Waals surface area contributed by atoms with Crippen molar-refractivity contribution in [3.63, 3.8) is 0 Å². The fourth-order valence-electron chi connectivity index (χ4n) is 2.65. The number of hydrogen-bond acceptors (Lipinski definition) is 1. The molecule has 0 saturated heterocycles. The molecule has 112 valence electrons. The Labute approximate surface area is 125 Å². The lowest BCUT2D eigenvalue weighted by atomic mass is 10.2. The Morgan fingerprint density at radius 2 is 1.71 bits per heavy atom. The van der Waals surface area contributed by atoms with Crippen LogP contribution in [0, 0.1) is 19.7 Å². The maximum atomic E-state index is 13.1. The van der Waals surface area contributed by atoms with E-state index in [2.05, 4.69) is 0 Å². The summed E-state index contributed by atoms with van der Waals surface area (Å²) in [6.45, 7) is 9.20. The second-order valence-corrected chi connectivity index (χ2v) is 5.07. The molecule has 0 fully saturated rings. The number of carbonyl (C=O) groups is 1. The Bertz CT molecular complexity index is 640. The molecule has 2 aromatic rings. The van der Waals surface area contributed by atoms with Crippen molar-refractivity contribution in [3.05, 3.63) is 53.1 Å². The SMILES string of the molecule is CCN(CC)C(=O)c1cc(C)n(-c2ccc(F)cc2)c1C. The molecule has 0 bridgehead atoms. The number of nitrogens with zero attached hydrogens (tertiary/aromatic N) is 2. The molecule has 0 radical (unpaired) electrons. The van der Waals surface area contributed by atoms with Crippen molar-refractivity contribution >= 4 is 5.91 Å². The molecule has 2 rings (SSSR count). The predicted octanol–water partition coefficient (Wildman–Crippen LogP) is 3.72. The minimum absolute atomic E-state index is 0.0430. The summed E-state index contributed by atoms with van der Waals surface area (Å²) in [7, 11) is 0. The Balaban J connectivity index is 2.47. The Morgan fingerprint density at radius 3 is 2.24 bits per heavy atom. The van der Waals surface area contributed by atoms with E-state index in [0.717, 1.165) is 17.1 Å². The van der Waals surface area contributed by atoms with Gasteiger partial charge in [-0.2, -0.15) is 0 Å². The summed E-state index contributed by atoms with van der Waals surface area (Å²) in [5.74, 6) is -0.220. The molecular formula is C17H21FN2O. The molecule has 1 heterocycles. The maximum absolute atomic E-state index is 13.1. The molecular weight excluding hydrogens is 267 g/mol. The second-order valence-electron chi connectivity index (χ2n) is 5.07. The molecule has 0 aliphatic heterocycles. The molecule has 0 spiro atoms. The standard InChI is InChI=1S/C17H21FN2O/c1-5-19(6-2)17(21)16-11-12(3)20(13(16)4)15-9-7-14(18)8-10-15/h7-11H,5-6H2,1-4H3. The van der Waals surface area contributed by atoms with Crippen molar-refractivity contribution < 1.29 is 9.18 Å². The average molecular weight is 288 g/mol. The number of aryl methyl sites for hydroxylation is 1. The average Bonchev–Trinajstić information content (AvgIpc) is 2.76. The molecule has 0 saturated carbocycles. The minimum Gasteiger partial charge on any atom is -0.339 e. The van der Waals surface area contributed by atoms with Crippen LogP contribution in [0.5, 0.6) is 0 Å². The van der Waals surface area contributed by atoms with E-state index in [4.69, 9.17) is 0 Å². The van der Waals surface area contributed by atoms with Crippen molar-refractivity contribution in [3.8, 4) is 5.69 Å². The molecule has 3 nitrogen and oxygen atoms in total. The van der Waals surface area contributed by atoms with Crippen molar-refractivity contribution in [2.24, 2.45) is 0 Å². The van der Waals surface area contributed by atoms with Crippen LogP contribution >= 0.6 is 0 Å². The lowest BCUT2D eigenvalue weighted by Crippen LogP contribution is -2.30. The van der Waals surface area contributed by atoms with Crippen molar-refractivity contribution in [2.75, 3.05) is 13.1 Å². The summed E-state index contributed by atoms with van der Waals surface area (Å²) in [4.78, 5) is 14.3. The van der Waals surface area contributed by atoms with Gasteiger partial charge in [0.1, 0.15) is 5.82 Å². The summed E-state index contributed by atoms with van der Waals surface area (Å²) in [6.07, 6.45) is 0. The Hall–Kier alpha value is -2.10. The van der Waals surface area contributed by atoms with Gasteiger partial charge in [-0.1, -0.05) is 0 Å². The first-order chi connectivity index (χ1) is 9.99. The summed E-state index contributed by atoms with van der Waals surface area (Å²) < 4.78 is 15.0. The summed E-state index contributed by atoms with van der Waals surface area (Å²) in [5.41, 5.74) is 3.43. The monoisotopic (exact) mass is 288 g/mol. The van der Waals surface area contributed by atoms with Crippen LogP contribution in [-0.2, 0) is 0 Å². The van der Waals surface area contributed by atoms with Gasteiger partial charge in [-0.25, -0.2) is 4.39 Å². The van der Waals surface area contributed by atoms with Crippen molar-refractivity contribution in [2.45, 2.75) is 27.7 Å². The van der Waals surface area contributed by atoms with Gasteiger partial charge >= 0.3 is 0 Å². The third kappa shape index (κ3) is 2.84. The highest BCUT2D eigenvalue weighted by atomic mass is 19.1. The van der Waals surface area contributed by atoms with Crippen molar-refractivity contribution in [1.82, 2.24) is 9.47 Å². The highest BCUT2D eigenvalue weighted by molar-refractivity contribution is 5.96. The van der Waals surface area contributed by atoms with Crippen LogP contribution in [0.4, 0.5) is 4.39 Å². The molecule has 1 aromatic heterocycles. The van der Waals surface area contributed by atoms with Gasteiger partial charge < -0.3 is 9.47 Å². The van der Waals surface area contributed by atoms with Crippen molar-refractivity contribution in [1.29, 1.82) is 0 Å². The van der Waals surface area contributed by atoms with Gasteiger partial charge in [-0.15, -0.1) is 0 Å². The number of rotatable bonds is 4. The lowest BCUT2D eigenvalue weighted by Gasteiger charge is -2.18. The smallest absolute Gasteiger partial charge is 0.255 e. The molecule has 0 N–H and O–H groups in total. The van der Waals surface area contributed by atoms with E-state index >= 15 is 0 Å². The number of halogens is 1. The van der Waals surface area contributed by atoms with Crippen LogP contribution in [0.25, 0.3) is 5.69 Å². The van der Waals surface area contributed by atoms with Gasteiger partial charge in [0.15, 0.2) is 0 Å². The topological polar surface area (TPSA) is 25.2 Å². The summed E-state index contributed by atoms with van der Waals surface area (Å²) in [6, 6.07) is 8.21. The van der Waals surface area contributed by atoms with E-state index in [9.17, 15) is 9.18 Å². The van der Waals surface area contributed by atoms with E-state index in [-0.39, 0.29) is 11.7 Å². The first-order valence-corrected chi connectivity index (χ1v) is 7.23. The molecule has 0 unspecified atom stereocenters. The summed E-state index contributed by atoms with van der Waals surface area (Å²) >= 11 is 0. The molecule has 0 aliphatic carbocycles. The van der Waals surface area contributed by atoms with Crippen LogP contribution in [0.15, 0.2) is 30.3 Å². The van der Waals surface area contributed by atoms with Gasteiger partial charge in [-0.3, -0.25) is 4.79 Å². The molecule has 0 aliphatic rings. The van der Waals surface area contributed by atoms with E-state index in [0.29, 0.717) is 18.7 Å². The fraction of sp³-hybridized carbons (Fsp3) is 0.353. The van der Waals surface area contributed by atoms with Gasteiger partial charge in [0, 0.05) is 30.2 Å². The summed E-state index contributed by atoms with van der Waals surface area (Å²) in [5, 5.41) is 0. The van der Waals surface area contributed by atoms with E-state index in [1.54, 1.807) is 17.0 Å². The normalized spacial score (nSPS) is 10.7. The maximum Gasteiger partial charge on any atom is 0.255 e. The number of aromatic nitrogens is 1.